The molecule has 0 saturated heterocycles. The standard InChI is InChI=1S/C22H27NO8S2/c1-14-22(2,3)21-17-12-15(32(25,26)27)13-19(33(28,29)30)16(17)9-10-18(21)23(14)11-7-5-6-8-20(24)31-4/h9-10,12-13H,5-8,11H2,1-4H3,(H-,25,26,27,28,29,30)/p+1. The molecule has 2 aromatic carbocycles. The highest BCUT2D eigenvalue weighted by molar-refractivity contribution is 7.86. The lowest BCUT2D eigenvalue weighted by Gasteiger charge is -2.18. The van der Waals surface area contributed by atoms with Gasteiger partial charge in [-0.3, -0.25) is 13.9 Å². The van der Waals surface area contributed by atoms with Crippen LogP contribution in [-0.2, 0) is 35.2 Å². The predicted octanol–water partition coefficient (Wildman–Crippen LogP) is 3.46. The van der Waals surface area contributed by atoms with Crippen molar-refractivity contribution in [2.75, 3.05) is 13.7 Å². The molecule has 0 atom stereocenters. The van der Waals surface area contributed by atoms with Gasteiger partial charge in [-0.05, 0) is 50.3 Å². The first-order valence-corrected chi connectivity index (χ1v) is 13.3. The van der Waals surface area contributed by atoms with E-state index in [0.717, 1.165) is 30.3 Å². The largest absolute Gasteiger partial charge is 0.469 e. The van der Waals surface area contributed by atoms with Crippen molar-refractivity contribution in [3.63, 3.8) is 0 Å². The molecule has 1 aliphatic rings. The Balaban J connectivity index is 2.12. The zero-order valence-electron chi connectivity index (χ0n) is 19.0. The molecule has 0 aromatic heterocycles. The molecule has 0 fully saturated rings. The van der Waals surface area contributed by atoms with Gasteiger partial charge in [0.1, 0.15) is 11.4 Å². The maximum atomic E-state index is 12.0. The van der Waals surface area contributed by atoms with Crippen molar-refractivity contribution in [3.8, 4) is 0 Å². The van der Waals surface area contributed by atoms with Gasteiger partial charge in [0.25, 0.3) is 20.2 Å². The van der Waals surface area contributed by atoms with Crippen molar-refractivity contribution < 1.29 is 40.0 Å². The predicted molar refractivity (Wildman–Crippen MR) is 123 cm³/mol. The number of carbonyl (C=O) groups is 1. The van der Waals surface area contributed by atoms with Gasteiger partial charge in [-0.1, -0.05) is 0 Å². The molecule has 0 saturated carbocycles. The lowest BCUT2D eigenvalue weighted by atomic mass is 9.80. The number of hydrogen-bond donors (Lipinski definition) is 2. The number of esters is 1. The first kappa shape index (κ1) is 25.3. The molecule has 180 valence electrons. The number of unbranched alkanes of at least 4 members (excludes halogenated alkanes) is 2. The van der Waals surface area contributed by atoms with E-state index in [2.05, 4.69) is 9.31 Å². The fourth-order valence-electron chi connectivity index (χ4n) is 4.41. The Labute approximate surface area is 193 Å². The summed E-state index contributed by atoms with van der Waals surface area (Å²) in [6, 6.07) is 5.29. The molecule has 11 heteroatoms. The summed E-state index contributed by atoms with van der Waals surface area (Å²) in [5.41, 5.74) is 1.92. The van der Waals surface area contributed by atoms with E-state index in [4.69, 9.17) is 0 Å². The van der Waals surface area contributed by atoms with Gasteiger partial charge in [0.15, 0.2) is 5.71 Å². The minimum absolute atomic E-state index is 0.171. The zero-order chi connectivity index (χ0) is 24.8. The minimum atomic E-state index is -4.76. The van der Waals surface area contributed by atoms with E-state index in [-0.39, 0.29) is 11.4 Å². The highest BCUT2D eigenvalue weighted by Crippen LogP contribution is 2.45. The van der Waals surface area contributed by atoms with Crippen molar-refractivity contribution in [3.05, 3.63) is 29.8 Å². The second kappa shape index (κ2) is 8.79. The van der Waals surface area contributed by atoms with Crippen LogP contribution in [0, 0.1) is 0 Å². The Morgan fingerprint density at radius 2 is 1.67 bits per heavy atom. The molecule has 33 heavy (non-hydrogen) atoms. The van der Waals surface area contributed by atoms with E-state index < -0.39 is 35.4 Å². The quantitative estimate of drug-likeness (QED) is 0.244. The van der Waals surface area contributed by atoms with Crippen LogP contribution in [0.5, 0.6) is 0 Å². The summed E-state index contributed by atoms with van der Waals surface area (Å²) in [5, 5.41) is 0.497. The molecule has 0 bridgehead atoms. The number of carbonyl (C=O) groups excluding carboxylic acids is 1. The van der Waals surface area contributed by atoms with E-state index >= 15 is 0 Å². The van der Waals surface area contributed by atoms with Gasteiger partial charge >= 0.3 is 5.97 Å². The maximum Gasteiger partial charge on any atom is 0.305 e. The average Bonchev–Trinajstić information content (AvgIpc) is 2.91. The third kappa shape index (κ3) is 4.81. The van der Waals surface area contributed by atoms with Gasteiger partial charge < -0.3 is 4.74 Å². The molecule has 3 rings (SSSR count). The van der Waals surface area contributed by atoms with Gasteiger partial charge in [0.05, 0.1) is 17.4 Å². The van der Waals surface area contributed by atoms with Gasteiger partial charge in [0.2, 0.25) is 5.69 Å². The Morgan fingerprint density at radius 1 is 1.00 bits per heavy atom. The van der Waals surface area contributed by atoms with E-state index in [1.165, 1.54) is 19.2 Å². The number of ether oxygens (including phenoxy) is 1. The van der Waals surface area contributed by atoms with Crippen LogP contribution in [0.4, 0.5) is 5.69 Å². The molecule has 9 nitrogen and oxygen atoms in total. The second-order valence-electron chi connectivity index (χ2n) is 8.68. The topological polar surface area (TPSA) is 138 Å². The number of rotatable bonds is 8. The third-order valence-electron chi connectivity index (χ3n) is 6.34. The third-order valence-corrected chi connectivity index (χ3v) is 8.07. The fourth-order valence-corrected chi connectivity index (χ4v) is 5.75. The Morgan fingerprint density at radius 3 is 2.24 bits per heavy atom. The summed E-state index contributed by atoms with van der Waals surface area (Å²) in [5.74, 6) is -0.249. The van der Waals surface area contributed by atoms with Crippen LogP contribution in [0.25, 0.3) is 10.8 Å². The fraction of sp³-hybridized carbons (Fsp3) is 0.455. The molecule has 1 aliphatic heterocycles. The van der Waals surface area contributed by atoms with Crippen LogP contribution in [0.2, 0.25) is 0 Å². The van der Waals surface area contributed by atoms with Crippen molar-refractivity contribution >= 4 is 48.4 Å². The molecule has 1 heterocycles. The van der Waals surface area contributed by atoms with E-state index in [0.29, 0.717) is 30.3 Å². The summed E-state index contributed by atoms with van der Waals surface area (Å²) in [6.07, 6.45) is 2.65. The van der Waals surface area contributed by atoms with Crippen molar-refractivity contribution in [1.29, 1.82) is 0 Å². The Kier molecular flexibility index (Phi) is 6.73. The minimum Gasteiger partial charge on any atom is -0.469 e. The highest BCUT2D eigenvalue weighted by Gasteiger charge is 2.44. The number of benzene rings is 2. The van der Waals surface area contributed by atoms with Crippen LogP contribution in [0.3, 0.4) is 0 Å². The van der Waals surface area contributed by atoms with Crippen molar-refractivity contribution in [2.45, 2.75) is 61.7 Å². The lowest BCUT2D eigenvalue weighted by Crippen LogP contribution is -2.27. The summed E-state index contributed by atoms with van der Waals surface area (Å²) < 4.78 is 73.8. The number of methoxy groups -OCH3 is 1. The number of fused-ring (bicyclic) bond motifs is 3. The van der Waals surface area contributed by atoms with E-state index in [1.807, 2.05) is 20.8 Å². The monoisotopic (exact) mass is 498 g/mol. The van der Waals surface area contributed by atoms with Crippen LogP contribution < -0.4 is 0 Å². The first-order chi connectivity index (χ1) is 15.2. The summed E-state index contributed by atoms with van der Waals surface area (Å²) in [7, 11) is -8.12. The zero-order valence-corrected chi connectivity index (χ0v) is 20.6. The molecule has 0 amide bonds. The van der Waals surface area contributed by atoms with Gasteiger partial charge in [0, 0.05) is 36.8 Å². The Bertz CT molecular complexity index is 1370. The molecule has 0 unspecified atom stereocenters. The van der Waals surface area contributed by atoms with Crippen LogP contribution in [0.1, 0.15) is 52.0 Å². The molecule has 2 N–H and O–H groups in total. The lowest BCUT2D eigenvalue weighted by molar-refractivity contribution is -0.439. The van der Waals surface area contributed by atoms with Crippen molar-refractivity contribution in [1.82, 2.24) is 0 Å². The van der Waals surface area contributed by atoms with E-state index in [1.54, 1.807) is 6.07 Å². The van der Waals surface area contributed by atoms with Crippen LogP contribution in [0.15, 0.2) is 34.1 Å². The molecule has 2 aromatic rings. The van der Waals surface area contributed by atoms with Crippen molar-refractivity contribution in [2.24, 2.45) is 0 Å². The summed E-state index contributed by atoms with van der Waals surface area (Å²) in [4.78, 5) is 10.1. The molecule has 0 radical (unpaired) electrons. The van der Waals surface area contributed by atoms with Gasteiger partial charge in [-0.15, -0.1) is 0 Å². The highest BCUT2D eigenvalue weighted by atomic mass is 32.2. The molecular formula is C22H28NO8S2+. The summed E-state index contributed by atoms with van der Waals surface area (Å²) in [6.45, 7) is 6.50. The smallest absolute Gasteiger partial charge is 0.305 e. The normalized spacial score (nSPS) is 15.7. The number of nitrogens with zero attached hydrogens (tertiary/aromatic N) is 1. The second-order valence-corrected chi connectivity index (χ2v) is 11.5. The SMILES string of the molecule is COC(=O)CCCCC[N+]1=C(C)C(C)(C)c2c1ccc1c(S(=O)(=O)O)cc(S(=O)(=O)O)cc21. The molecule has 0 spiro atoms. The Hall–Kier alpha value is -2.34. The van der Waals surface area contributed by atoms with Gasteiger partial charge in [-0.2, -0.15) is 21.4 Å². The van der Waals surface area contributed by atoms with Crippen LogP contribution >= 0.6 is 0 Å². The maximum absolute atomic E-state index is 12.0. The molecule has 0 aliphatic carbocycles. The molecular weight excluding hydrogens is 470 g/mol. The summed E-state index contributed by atoms with van der Waals surface area (Å²) >= 11 is 0. The van der Waals surface area contributed by atoms with Crippen LogP contribution in [-0.4, -0.2) is 55.9 Å². The number of hydrogen-bond acceptors (Lipinski definition) is 6. The average molecular weight is 499 g/mol. The van der Waals surface area contributed by atoms with Gasteiger partial charge in [-0.25, -0.2) is 0 Å². The first-order valence-electron chi connectivity index (χ1n) is 10.4. The van der Waals surface area contributed by atoms with E-state index in [9.17, 15) is 30.7 Å².